The van der Waals surface area contributed by atoms with Crippen LogP contribution < -0.4 is 5.32 Å². The molecular weight excluding hydrogens is 329 g/mol. The van der Waals surface area contributed by atoms with E-state index in [1.807, 2.05) is 31.3 Å². The highest BCUT2D eigenvalue weighted by Gasteiger charge is 2.15. The molecule has 3 rings (SSSR count). The topological polar surface area (TPSA) is 12.0 Å². The second-order valence-electron chi connectivity index (χ2n) is 4.99. The second kappa shape index (κ2) is 5.96. The number of nitrogens with one attached hydrogen (secondary N) is 1. The molecule has 3 aromatic rings. The highest BCUT2D eigenvalue weighted by molar-refractivity contribution is 9.10. The Hall–Kier alpha value is -1.71. The summed E-state index contributed by atoms with van der Waals surface area (Å²) in [5, 5.41) is 5.66. The molecule has 0 amide bonds. The maximum atomic E-state index is 13.7. The van der Waals surface area contributed by atoms with Gasteiger partial charge in [0.25, 0.3) is 0 Å². The Bertz CT molecular complexity index is 760. The van der Waals surface area contributed by atoms with Crippen molar-refractivity contribution in [3.8, 4) is 0 Å². The van der Waals surface area contributed by atoms with Crippen LogP contribution in [0.1, 0.15) is 17.2 Å². The fraction of sp³-hybridized carbons (Fsp3) is 0.111. The summed E-state index contributed by atoms with van der Waals surface area (Å²) < 4.78 is 14.4. The predicted molar refractivity (Wildman–Crippen MR) is 89.0 cm³/mol. The fourth-order valence-corrected chi connectivity index (χ4v) is 3.23. The van der Waals surface area contributed by atoms with Crippen LogP contribution in [0.2, 0.25) is 0 Å². The van der Waals surface area contributed by atoms with E-state index in [0.29, 0.717) is 0 Å². The molecule has 0 fully saturated rings. The lowest BCUT2D eigenvalue weighted by Gasteiger charge is -2.19. The van der Waals surface area contributed by atoms with E-state index in [-0.39, 0.29) is 11.9 Å². The maximum Gasteiger partial charge on any atom is 0.124 e. The maximum absolute atomic E-state index is 13.7. The molecule has 0 radical (unpaired) electrons. The minimum Gasteiger partial charge on any atom is -0.309 e. The van der Waals surface area contributed by atoms with Crippen LogP contribution in [0.25, 0.3) is 10.8 Å². The molecule has 0 aliphatic heterocycles. The molecule has 0 aromatic heterocycles. The second-order valence-corrected chi connectivity index (χ2v) is 5.91. The predicted octanol–water partition coefficient (Wildman–Crippen LogP) is 5.05. The summed E-state index contributed by atoms with van der Waals surface area (Å²) in [7, 11) is 1.89. The lowest BCUT2D eigenvalue weighted by Crippen LogP contribution is -2.18. The SMILES string of the molecule is CNC(c1cc(F)cc(Br)c1)c1cccc2ccccc12. The Morgan fingerprint density at radius 1 is 1.00 bits per heavy atom. The molecule has 106 valence electrons. The third-order valence-corrected chi connectivity index (χ3v) is 4.10. The lowest BCUT2D eigenvalue weighted by molar-refractivity contribution is 0.616. The first-order valence-corrected chi connectivity index (χ1v) is 7.59. The normalized spacial score (nSPS) is 12.5. The Kier molecular flexibility index (Phi) is 4.04. The smallest absolute Gasteiger partial charge is 0.124 e. The number of rotatable bonds is 3. The fourth-order valence-electron chi connectivity index (χ4n) is 2.75. The highest BCUT2D eigenvalue weighted by Crippen LogP contribution is 2.30. The van der Waals surface area contributed by atoms with Crippen molar-refractivity contribution in [2.24, 2.45) is 0 Å². The third-order valence-electron chi connectivity index (χ3n) is 3.64. The molecule has 3 aromatic carbocycles. The summed E-state index contributed by atoms with van der Waals surface area (Å²) in [5.74, 6) is -0.236. The average Bonchev–Trinajstić information content (AvgIpc) is 2.47. The van der Waals surface area contributed by atoms with Crippen molar-refractivity contribution < 1.29 is 4.39 Å². The van der Waals surface area contributed by atoms with E-state index in [9.17, 15) is 4.39 Å². The third kappa shape index (κ3) is 2.85. The Morgan fingerprint density at radius 3 is 2.52 bits per heavy atom. The zero-order chi connectivity index (χ0) is 14.8. The van der Waals surface area contributed by atoms with Crippen LogP contribution in [0.5, 0.6) is 0 Å². The van der Waals surface area contributed by atoms with E-state index < -0.39 is 0 Å². The van der Waals surface area contributed by atoms with Gasteiger partial charge in [-0.2, -0.15) is 0 Å². The largest absolute Gasteiger partial charge is 0.309 e. The van der Waals surface area contributed by atoms with Crippen LogP contribution in [0.15, 0.2) is 65.1 Å². The molecule has 21 heavy (non-hydrogen) atoms. The molecule has 0 heterocycles. The molecular formula is C18H15BrFN. The van der Waals surface area contributed by atoms with Crippen molar-refractivity contribution in [2.75, 3.05) is 7.05 Å². The Morgan fingerprint density at radius 2 is 1.76 bits per heavy atom. The molecule has 1 nitrogen and oxygen atoms in total. The molecule has 0 aliphatic carbocycles. The van der Waals surface area contributed by atoms with Crippen molar-refractivity contribution in [3.63, 3.8) is 0 Å². The van der Waals surface area contributed by atoms with E-state index in [2.05, 4.69) is 45.5 Å². The first kappa shape index (κ1) is 14.2. The number of benzene rings is 3. The van der Waals surface area contributed by atoms with Crippen molar-refractivity contribution in [2.45, 2.75) is 6.04 Å². The zero-order valence-electron chi connectivity index (χ0n) is 11.6. The molecule has 0 saturated heterocycles. The monoisotopic (exact) mass is 343 g/mol. The standard InChI is InChI=1S/C18H15BrFN/c1-21-18(13-9-14(19)11-15(20)10-13)17-8-4-6-12-5-2-3-7-16(12)17/h2-11,18,21H,1H3. The van der Waals surface area contributed by atoms with Crippen molar-refractivity contribution in [3.05, 3.63) is 82.1 Å². The van der Waals surface area contributed by atoms with Crippen LogP contribution >= 0.6 is 15.9 Å². The number of hydrogen-bond acceptors (Lipinski definition) is 1. The molecule has 1 atom stereocenters. The van der Waals surface area contributed by atoms with Gasteiger partial charge in [0.1, 0.15) is 5.82 Å². The minimum absolute atomic E-state index is 0.0527. The van der Waals surface area contributed by atoms with Gasteiger partial charge in [0.15, 0.2) is 0 Å². The summed E-state index contributed by atoms with van der Waals surface area (Å²) in [5.41, 5.74) is 2.05. The summed E-state index contributed by atoms with van der Waals surface area (Å²) >= 11 is 3.36. The highest BCUT2D eigenvalue weighted by atomic mass is 79.9. The van der Waals surface area contributed by atoms with Gasteiger partial charge < -0.3 is 5.32 Å². The van der Waals surface area contributed by atoms with E-state index in [0.717, 1.165) is 15.6 Å². The summed E-state index contributed by atoms with van der Waals surface area (Å²) in [4.78, 5) is 0. The number of fused-ring (bicyclic) bond motifs is 1. The van der Waals surface area contributed by atoms with Crippen LogP contribution in [0, 0.1) is 5.82 Å². The van der Waals surface area contributed by atoms with E-state index in [1.54, 1.807) is 6.07 Å². The van der Waals surface area contributed by atoms with Gasteiger partial charge in [-0.15, -0.1) is 0 Å². The Balaban J connectivity index is 2.18. The van der Waals surface area contributed by atoms with E-state index >= 15 is 0 Å². The van der Waals surface area contributed by atoms with Crippen molar-refractivity contribution in [1.29, 1.82) is 0 Å². The molecule has 0 spiro atoms. The van der Waals surface area contributed by atoms with Crippen LogP contribution in [-0.4, -0.2) is 7.05 Å². The van der Waals surface area contributed by atoms with Crippen molar-refractivity contribution in [1.82, 2.24) is 5.32 Å². The first-order chi connectivity index (χ1) is 10.2. The van der Waals surface area contributed by atoms with Gasteiger partial charge in [0.05, 0.1) is 6.04 Å². The summed E-state index contributed by atoms with van der Waals surface area (Å²) in [6.07, 6.45) is 0. The van der Waals surface area contributed by atoms with Gasteiger partial charge in [-0.1, -0.05) is 58.4 Å². The summed E-state index contributed by atoms with van der Waals surface area (Å²) in [6.45, 7) is 0. The molecule has 0 saturated carbocycles. The van der Waals surface area contributed by atoms with Gasteiger partial charge in [-0.05, 0) is 47.1 Å². The lowest BCUT2D eigenvalue weighted by atomic mass is 9.94. The van der Waals surface area contributed by atoms with Crippen LogP contribution in [0.3, 0.4) is 0 Å². The van der Waals surface area contributed by atoms with Crippen LogP contribution in [-0.2, 0) is 0 Å². The van der Waals surface area contributed by atoms with E-state index in [4.69, 9.17) is 0 Å². The van der Waals surface area contributed by atoms with Crippen LogP contribution in [0.4, 0.5) is 4.39 Å². The van der Waals surface area contributed by atoms with Gasteiger partial charge in [0, 0.05) is 4.47 Å². The van der Waals surface area contributed by atoms with Gasteiger partial charge >= 0.3 is 0 Å². The number of hydrogen-bond donors (Lipinski definition) is 1. The van der Waals surface area contributed by atoms with Gasteiger partial charge in [-0.25, -0.2) is 4.39 Å². The number of halogens is 2. The Labute approximate surface area is 131 Å². The quantitative estimate of drug-likeness (QED) is 0.701. The molecule has 1 unspecified atom stereocenters. The zero-order valence-corrected chi connectivity index (χ0v) is 13.2. The minimum atomic E-state index is -0.236. The average molecular weight is 344 g/mol. The molecule has 1 N–H and O–H groups in total. The van der Waals surface area contributed by atoms with Gasteiger partial charge in [0.2, 0.25) is 0 Å². The first-order valence-electron chi connectivity index (χ1n) is 6.80. The van der Waals surface area contributed by atoms with Gasteiger partial charge in [-0.3, -0.25) is 0 Å². The molecule has 0 aliphatic rings. The van der Waals surface area contributed by atoms with Crippen molar-refractivity contribution >= 4 is 26.7 Å². The molecule has 0 bridgehead atoms. The summed E-state index contributed by atoms with van der Waals surface area (Å²) in [6, 6.07) is 19.4. The molecule has 3 heteroatoms. The van der Waals surface area contributed by atoms with E-state index in [1.165, 1.54) is 16.8 Å².